The third-order valence-corrected chi connectivity index (χ3v) is 4.14. The van der Waals surface area contributed by atoms with Crippen LogP contribution in [0.1, 0.15) is 25.3 Å². The van der Waals surface area contributed by atoms with E-state index in [0.717, 1.165) is 4.90 Å². The van der Waals surface area contributed by atoms with E-state index in [9.17, 15) is 4.21 Å². The first-order chi connectivity index (χ1) is 6.47. The molecule has 0 saturated heterocycles. The molecule has 0 bridgehead atoms. The van der Waals surface area contributed by atoms with Gasteiger partial charge >= 0.3 is 0 Å². The second kappa shape index (κ2) is 4.13. The quantitative estimate of drug-likeness (QED) is 0.739. The summed E-state index contributed by atoms with van der Waals surface area (Å²) in [5.74, 6) is 0.460. The maximum Gasteiger partial charge on any atom is 0.0720 e. The molecule has 0 fully saturated rings. The van der Waals surface area contributed by atoms with Crippen molar-refractivity contribution in [3.8, 4) is 0 Å². The highest BCUT2D eigenvalue weighted by molar-refractivity contribution is 7.93. The van der Waals surface area contributed by atoms with Crippen LogP contribution in [0.3, 0.4) is 0 Å². The third-order valence-electron chi connectivity index (χ3n) is 2.31. The molecule has 0 spiro atoms. The average molecular weight is 211 g/mol. The van der Waals surface area contributed by atoms with E-state index in [1.807, 2.05) is 18.2 Å². The Morgan fingerprint density at radius 3 is 2.50 bits per heavy atom. The van der Waals surface area contributed by atoms with E-state index in [1.165, 1.54) is 5.56 Å². The van der Waals surface area contributed by atoms with Crippen molar-refractivity contribution in [2.75, 3.05) is 13.3 Å². The molecular weight excluding hydrogens is 194 g/mol. The van der Waals surface area contributed by atoms with Crippen molar-refractivity contribution in [2.24, 2.45) is 4.36 Å². The number of benzene rings is 1. The predicted molar refractivity (Wildman–Crippen MR) is 61.2 cm³/mol. The minimum absolute atomic E-state index is 0.460. The van der Waals surface area contributed by atoms with Crippen LogP contribution in [0.25, 0.3) is 0 Å². The standard InChI is InChI=1S/C11H17NOS/c1-9(2)10-6-5-7-11(8-10)14(4,13)12-3/h5-9H,1-4H3. The summed E-state index contributed by atoms with van der Waals surface area (Å²) in [5, 5.41) is 0. The molecule has 1 aromatic carbocycles. The van der Waals surface area contributed by atoms with E-state index in [2.05, 4.69) is 24.3 Å². The lowest BCUT2D eigenvalue weighted by Gasteiger charge is -2.08. The Labute approximate surface area is 86.5 Å². The van der Waals surface area contributed by atoms with Gasteiger partial charge in [0.15, 0.2) is 0 Å². The van der Waals surface area contributed by atoms with Gasteiger partial charge in [-0.3, -0.25) is 0 Å². The van der Waals surface area contributed by atoms with Crippen LogP contribution in [0.4, 0.5) is 0 Å². The molecule has 2 nitrogen and oxygen atoms in total. The molecule has 14 heavy (non-hydrogen) atoms. The first-order valence-electron chi connectivity index (χ1n) is 4.67. The minimum Gasteiger partial charge on any atom is -0.245 e. The molecule has 0 amide bonds. The fraction of sp³-hybridized carbons (Fsp3) is 0.455. The second-order valence-corrected chi connectivity index (χ2v) is 6.15. The smallest absolute Gasteiger partial charge is 0.0720 e. The molecule has 0 heterocycles. The third kappa shape index (κ3) is 2.35. The lowest BCUT2D eigenvalue weighted by molar-refractivity contribution is 0.680. The van der Waals surface area contributed by atoms with Crippen LogP contribution in [-0.2, 0) is 9.73 Å². The Balaban J connectivity index is 3.26. The Hall–Kier alpha value is -0.830. The maximum absolute atomic E-state index is 12.0. The Kier molecular flexibility index (Phi) is 3.32. The summed E-state index contributed by atoms with van der Waals surface area (Å²) < 4.78 is 15.9. The van der Waals surface area contributed by atoms with Crippen LogP contribution >= 0.6 is 0 Å². The van der Waals surface area contributed by atoms with Gasteiger partial charge in [0, 0.05) is 18.2 Å². The summed E-state index contributed by atoms with van der Waals surface area (Å²) >= 11 is 0. The molecule has 0 saturated carbocycles. The van der Waals surface area contributed by atoms with E-state index < -0.39 is 9.73 Å². The molecule has 3 heteroatoms. The average Bonchev–Trinajstić information content (AvgIpc) is 2.18. The number of rotatable bonds is 2. The fourth-order valence-electron chi connectivity index (χ4n) is 1.21. The first kappa shape index (κ1) is 11.2. The van der Waals surface area contributed by atoms with Crippen molar-refractivity contribution in [2.45, 2.75) is 24.7 Å². The molecular formula is C11H17NOS. The van der Waals surface area contributed by atoms with Crippen LogP contribution in [0.15, 0.2) is 33.5 Å². The maximum atomic E-state index is 12.0. The van der Waals surface area contributed by atoms with Crippen molar-refractivity contribution < 1.29 is 4.21 Å². The molecule has 1 atom stereocenters. The van der Waals surface area contributed by atoms with Gasteiger partial charge in [-0.15, -0.1) is 0 Å². The van der Waals surface area contributed by atoms with Crippen LogP contribution < -0.4 is 0 Å². The van der Waals surface area contributed by atoms with Gasteiger partial charge < -0.3 is 0 Å². The van der Waals surface area contributed by atoms with Crippen LogP contribution in [0, 0.1) is 0 Å². The fourth-order valence-corrected chi connectivity index (χ4v) is 2.11. The molecule has 0 aliphatic heterocycles. The number of nitrogens with zero attached hydrogens (tertiary/aromatic N) is 1. The highest BCUT2D eigenvalue weighted by Crippen LogP contribution is 2.19. The van der Waals surface area contributed by atoms with Crippen molar-refractivity contribution >= 4 is 9.73 Å². The Morgan fingerprint density at radius 2 is 2.00 bits per heavy atom. The highest BCUT2D eigenvalue weighted by Gasteiger charge is 2.06. The zero-order valence-electron chi connectivity index (χ0n) is 9.15. The van der Waals surface area contributed by atoms with Gasteiger partial charge in [0.2, 0.25) is 0 Å². The van der Waals surface area contributed by atoms with Gasteiger partial charge in [-0.05, 0) is 23.6 Å². The summed E-state index contributed by atoms with van der Waals surface area (Å²) in [7, 11) is -0.578. The molecule has 0 aliphatic rings. The first-order valence-corrected chi connectivity index (χ1v) is 6.60. The molecule has 0 aromatic heterocycles. The van der Waals surface area contributed by atoms with Gasteiger partial charge in [-0.1, -0.05) is 26.0 Å². The van der Waals surface area contributed by atoms with Crippen molar-refractivity contribution in [1.82, 2.24) is 0 Å². The van der Waals surface area contributed by atoms with Crippen molar-refractivity contribution in [3.63, 3.8) is 0 Å². The Morgan fingerprint density at radius 1 is 1.36 bits per heavy atom. The topological polar surface area (TPSA) is 29.4 Å². The summed E-state index contributed by atoms with van der Waals surface area (Å²) in [6, 6.07) is 7.86. The molecule has 0 radical (unpaired) electrons. The van der Waals surface area contributed by atoms with Crippen LogP contribution in [0.5, 0.6) is 0 Å². The summed E-state index contributed by atoms with van der Waals surface area (Å²) in [4.78, 5) is 0.825. The molecule has 0 aliphatic carbocycles. The zero-order chi connectivity index (χ0) is 10.8. The lowest BCUT2D eigenvalue weighted by atomic mass is 10.0. The molecule has 1 aromatic rings. The van der Waals surface area contributed by atoms with Gasteiger partial charge in [0.05, 0.1) is 9.73 Å². The van der Waals surface area contributed by atoms with Gasteiger partial charge in [0.1, 0.15) is 0 Å². The van der Waals surface area contributed by atoms with E-state index >= 15 is 0 Å². The largest absolute Gasteiger partial charge is 0.245 e. The number of hydrogen-bond donors (Lipinski definition) is 0. The van der Waals surface area contributed by atoms with E-state index in [0.29, 0.717) is 5.92 Å². The highest BCUT2D eigenvalue weighted by atomic mass is 32.2. The molecule has 1 rings (SSSR count). The van der Waals surface area contributed by atoms with E-state index in [1.54, 1.807) is 13.3 Å². The van der Waals surface area contributed by atoms with E-state index in [4.69, 9.17) is 0 Å². The second-order valence-electron chi connectivity index (χ2n) is 3.71. The van der Waals surface area contributed by atoms with Gasteiger partial charge in [0.25, 0.3) is 0 Å². The van der Waals surface area contributed by atoms with E-state index in [-0.39, 0.29) is 0 Å². The van der Waals surface area contributed by atoms with Crippen molar-refractivity contribution in [3.05, 3.63) is 29.8 Å². The SMILES string of the molecule is CN=S(C)(=O)c1cccc(C(C)C)c1. The van der Waals surface area contributed by atoms with Gasteiger partial charge in [-0.2, -0.15) is 0 Å². The van der Waals surface area contributed by atoms with Crippen molar-refractivity contribution in [1.29, 1.82) is 0 Å². The number of hydrogen-bond acceptors (Lipinski definition) is 2. The monoisotopic (exact) mass is 211 g/mol. The summed E-state index contributed by atoms with van der Waals surface area (Å²) in [6.07, 6.45) is 1.67. The van der Waals surface area contributed by atoms with Gasteiger partial charge in [-0.25, -0.2) is 8.57 Å². The normalized spacial score (nSPS) is 15.2. The summed E-state index contributed by atoms with van der Waals surface area (Å²) in [6.45, 7) is 4.25. The van der Waals surface area contributed by atoms with Crippen LogP contribution in [-0.4, -0.2) is 17.5 Å². The zero-order valence-corrected chi connectivity index (χ0v) is 9.97. The minimum atomic E-state index is -2.18. The molecule has 0 N–H and O–H groups in total. The summed E-state index contributed by atoms with van der Waals surface area (Å²) in [5.41, 5.74) is 1.21. The Bertz CT molecular complexity index is 429. The predicted octanol–water partition coefficient (Wildman–Crippen LogP) is 2.90. The lowest BCUT2D eigenvalue weighted by Crippen LogP contribution is -1.98. The molecule has 1 unspecified atom stereocenters. The van der Waals surface area contributed by atoms with Crippen LogP contribution in [0.2, 0.25) is 0 Å². The molecule has 78 valence electrons.